The van der Waals surface area contributed by atoms with Crippen LogP contribution < -0.4 is 0 Å². The van der Waals surface area contributed by atoms with Gasteiger partial charge in [-0.1, -0.05) is 0 Å². The fourth-order valence-electron chi connectivity index (χ4n) is 3.73. The molecular weight excluding hydrogens is 284 g/mol. The zero-order valence-electron chi connectivity index (χ0n) is 12.0. The van der Waals surface area contributed by atoms with Crippen LogP contribution in [0.4, 0.5) is 0 Å². The van der Waals surface area contributed by atoms with Crippen LogP contribution in [-0.4, -0.2) is 45.0 Å². The summed E-state index contributed by atoms with van der Waals surface area (Å²) in [6.45, 7) is 3.94. The Hall–Kier alpha value is -1.24. The Morgan fingerprint density at radius 2 is 2.19 bits per heavy atom. The van der Waals surface area contributed by atoms with Gasteiger partial charge >= 0.3 is 0 Å². The minimum Gasteiger partial charge on any atom is -0.375 e. The molecule has 1 aliphatic carbocycles. The van der Waals surface area contributed by atoms with Crippen LogP contribution in [0.25, 0.3) is 0 Å². The molecule has 2 aromatic rings. The highest BCUT2D eigenvalue weighted by Crippen LogP contribution is 2.36. The zero-order valence-corrected chi connectivity index (χ0v) is 12.8. The Morgan fingerprint density at radius 1 is 1.29 bits per heavy atom. The molecule has 0 unspecified atom stereocenters. The molecule has 1 saturated heterocycles. The molecule has 1 aliphatic heterocycles. The molecule has 0 radical (unpaired) electrons. The number of hydrogen-bond donors (Lipinski definition) is 0. The molecule has 0 N–H and O–H groups in total. The van der Waals surface area contributed by atoms with Crippen molar-refractivity contribution in [3.8, 4) is 0 Å². The number of hydrogen-bond acceptors (Lipinski definition) is 5. The van der Waals surface area contributed by atoms with Crippen molar-refractivity contribution in [2.24, 2.45) is 5.92 Å². The number of nitrogens with zero attached hydrogens (tertiary/aromatic N) is 4. The third-order valence-electron chi connectivity index (χ3n) is 4.71. The first kappa shape index (κ1) is 13.4. The lowest BCUT2D eigenvalue weighted by atomic mass is 10.0. The maximum Gasteiger partial charge on any atom is 0.119 e. The van der Waals surface area contributed by atoms with Crippen molar-refractivity contribution in [2.45, 2.75) is 38.1 Å². The van der Waals surface area contributed by atoms with E-state index in [1.165, 1.54) is 18.4 Å². The van der Waals surface area contributed by atoms with Crippen LogP contribution in [0.2, 0.25) is 0 Å². The minimum absolute atomic E-state index is 0.361. The van der Waals surface area contributed by atoms with Crippen molar-refractivity contribution >= 4 is 11.3 Å². The fourth-order valence-corrected chi connectivity index (χ4v) is 4.39. The monoisotopic (exact) mass is 304 g/mol. The van der Waals surface area contributed by atoms with E-state index in [9.17, 15) is 0 Å². The predicted molar refractivity (Wildman–Crippen MR) is 81.0 cm³/mol. The average Bonchev–Trinajstić information content (AvgIpc) is 3.22. The third kappa shape index (κ3) is 2.75. The van der Waals surface area contributed by atoms with Crippen LogP contribution in [0.5, 0.6) is 0 Å². The Kier molecular flexibility index (Phi) is 3.75. The summed E-state index contributed by atoms with van der Waals surface area (Å²) in [5.41, 5.74) is 1.43. The van der Waals surface area contributed by atoms with E-state index < -0.39 is 0 Å². The summed E-state index contributed by atoms with van der Waals surface area (Å²) < 4.78 is 8.20. The summed E-state index contributed by atoms with van der Waals surface area (Å²) in [7, 11) is 0. The van der Waals surface area contributed by atoms with Gasteiger partial charge in [0.2, 0.25) is 0 Å². The van der Waals surface area contributed by atoms with Crippen LogP contribution in [0, 0.1) is 5.92 Å². The van der Waals surface area contributed by atoms with Gasteiger partial charge in [0.15, 0.2) is 0 Å². The Morgan fingerprint density at radius 3 is 3.00 bits per heavy atom. The maximum absolute atomic E-state index is 6.12. The van der Waals surface area contributed by atoms with Crippen molar-refractivity contribution < 1.29 is 4.74 Å². The van der Waals surface area contributed by atoms with Crippen LogP contribution in [0.1, 0.15) is 18.4 Å². The summed E-state index contributed by atoms with van der Waals surface area (Å²) in [6, 6.07) is 2.80. The molecule has 2 fully saturated rings. The molecule has 0 spiro atoms. The number of thiophene rings is 1. The van der Waals surface area contributed by atoms with Crippen LogP contribution in [0.15, 0.2) is 29.5 Å². The van der Waals surface area contributed by atoms with Gasteiger partial charge in [0, 0.05) is 31.6 Å². The van der Waals surface area contributed by atoms with Crippen molar-refractivity contribution in [1.82, 2.24) is 19.7 Å². The topological polar surface area (TPSA) is 43.2 Å². The average molecular weight is 304 g/mol. The highest BCUT2D eigenvalue weighted by molar-refractivity contribution is 7.07. The summed E-state index contributed by atoms with van der Waals surface area (Å²) >= 11 is 1.78. The van der Waals surface area contributed by atoms with Crippen LogP contribution >= 0.6 is 11.3 Å². The lowest BCUT2D eigenvalue weighted by Gasteiger charge is -2.39. The molecule has 112 valence electrons. The molecule has 4 rings (SSSR count). The highest BCUT2D eigenvalue weighted by atomic mass is 32.1. The summed E-state index contributed by atoms with van der Waals surface area (Å²) in [5.74, 6) is 0.580. The van der Waals surface area contributed by atoms with Crippen LogP contribution in [-0.2, 0) is 17.8 Å². The van der Waals surface area contributed by atoms with E-state index in [0.717, 1.165) is 26.2 Å². The second-order valence-corrected chi connectivity index (χ2v) is 6.78. The van der Waals surface area contributed by atoms with Crippen molar-refractivity contribution in [3.63, 3.8) is 0 Å². The van der Waals surface area contributed by atoms with Gasteiger partial charge in [-0.2, -0.15) is 11.3 Å². The standard InChI is InChI=1S/C15H20N4OS/c1-2-14-15(13(1)8-18-10-16-17-11-18)20-5-4-19(14)7-12-3-6-21-9-12/h3,6,9-11,13-15H,1-2,4-5,7-8H2/t13-,14-,15-/m1/s1. The number of ether oxygens (including phenoxy) is 1. The van der Waals surface area contributed by atoms with E-state index in [0.29, 0.717) is 18.1 Å². The largest absolute Gasteiger partial charge is 0.375 e. The summed E-state index contributed by atoms with van der Waals surface area (Å²) in [4.78, 5) is 2.61. The number of fused-ring (bicyclic) bond motifs is 1. The molecule has 2 aromatic heterocycles. The van der Waals surface area contributed by atoms with Gasteiger partial charge in [-0.3, -0.25) is 4.90 Å². The number of aromatic nitrogens is 3. The summed E-state index contributed by atoms with van der Waals surface area (Å²) in [6.07, 6.45) is 6.44. The molecule has 0 aromatic carbocycles. The maximum atomic E-state index is 6.12. The van der Waals surface area contributed by atoms with Crippen molar-refractivity contribution in [1.29, 1.82) is 0 Å². The molecule has 6 heteroatoms. The predicted octanol–water partition coefficient (Wildman–Crippen LogP) is 2.02. The van der Waals surface area contributed by atoms with E-state index in [4.69, 9.17) is 4.74 Å². The molecule has 0 bridgehead atoms. The van der Waals surface area contributed by atoms with Gasteiger partial charge < -0.3 is 9.30 Å². The van der Waals surface area contributed by atoms with E-state index in [1.54, 1.807) is 24.0 Å². The quantitative estimate of drug-likeness (QED) is 0.867. The van der Waals surface area contributed by atoms with Crippen molar-refractivity contribution in [2.75, 3.05) is 13.2 Å². The second kappa shape index (κ2) is 5.87. The zero-order chi connectivity index (χ0) is 14.1. The second-order valence-electron chi connectivity index (χ2n) is 6.00. The molecule has 3 atom stereocenters. The van der Waals surface area contributed by atoms with Gasteiger partial charge in [-0.15, -0.1) is 10.2 Å². The smallest absolute Gasteiger partial charge is 0.119 e. The Bertz CT molecular complexity index is 556. The molecule has 3 heterocycles. The number of rotatable bonds is 4. The first-order valence-corrected chi connectivity index (χ1v) is 8.53. The van der Waals surface area contributed by atoms with Crippen LogP contribution in [0.3, 0.4) is 0 Å². The van der Waals surface area contributed by atoms with E-state index in [-0.39, 0.29) is 0 Å². The molecular formula is C15H20N4OS. The van der Waals surface area contributed by atoms with E-state index in [2.05, 4.69) is 36.5 Å². The minimum atomic E-state index is 0.361. The molecule has 21 heavy (non-hydrogen) atoms. The lowest BCUT2D eigenvalue weighted by Crippen LogP contribution is -2.50. The van der Waals surface area contributed by atoms with Gasteiger partial charge in [0.25, 0.3) is 0 Å². The van der Waals surface area contributed by atoms with Gasteiger partial charge in [0.05, 0.1) is 12.7 Å². The van der Waals surface area contributed by atoms with Gasteiger partial charge in [0.1, 0.15) is 12.7 Å². The van der Waals surface area contributed by atoms with E-state index in [1.807, 2.05) is 0 Å². The Labute approximate surface area is 128 Å². The summed E-state index contributed by atoms with van der Waals surface area (Å²) in [5, 5.41) is 12.2. The number of morpholine rings is 1. The fraction of sp³-hybridized carbons (Fsp3) is 0.600. The normalized spacial score (nSPS) is 29.6. The first-order chi connectivity index (χ1) is 10.4. The van der Waals surface area contributed by atoms with Crippen molar-refractivity contribution in [3.05, 3.63) is 35.0 Å². The van der Waals surface area contributed by atoms with Gasteiger partial charge in [-0.25, -0.2) is 0 Å². The molecule has 1 saturated carbocycles. The van der Waals surface area contributed by atoms with E-state index >= 15 is 0 Å². The third-order valence-corrected chi connectivity index (χ3v) is 5.44. The Balaban J connectivity index is 1.44. The molecule has 2 aliphatic rings. The van der Waals surface area contributed by atoms with Gasteiger partial charge in [-0.05, 0) is 35.2 Å². The SMILES string of the molecule is c1cc(CN2CCO[C@@H]3[C@@H](Cn4cnnc4)CC[C@H]32)cs1. The highest BCUT2D eigenvalue weighted by Gasteiger charge is 2.42. The lowest BCUT2D eigenvalue weighted by molar-refractivity contribution is -0.0785. The first-order valence-electron chi connectivity index (χ1n) is 7.59. The molecule has 0 amide bonds. The molecule has 5 nitrogen and oxygen atoms in total.